The fourth-order valence-electron chi connectivity index (χ4n) is 3.78. The second-order valence-electron chi connectivity index (χ2n) is 9.58. The zero-order chi connectivity index (χ0) is 22.6. The van der Waals surface area contributed by atoms with E-state index in [9.17, 15) is 0 Å². The molecule has 0 aliphatic heterocycles. The van der Waals surface area contributed by atoms with Gasteiger partial charge in [0.25, 0.3) is 0 Å². The Morgan fingerprint density at radius 2 is 0.727 bits per heavy atom. The number of hydrogen-bond donors (Lipinski definition) is 0. The molecule has 0 heterocycles. The number of nitrogens with zero attached hydrogens (tertiary/aromatic N) is 2. The summed E-state index contributed by atoms with van der Waals surface area (Å²) in [5, 5.41) is 0. The summed E-state index contributed by atoms with van der Waals surface area (Å²) in [6, 6.07) is 13.2. The van der Waals surface area contributed by atoms with Crippen molar-refractivity contribution >= 4 is 22.8 Å². The van der Waals surface area contributed by atoms with E-state index < -0.39 is 0 Å². The van der Waals surface area contributed by atoms with Gasteiger partial charge in [0.2, 0.25) is 0 Å². The smallest absolute Gasteiger partial charge is 0.358 e. The molecule has 3 heteroatoms. The molecule has 0 bridgehead atoms. The van der Waals surface area contributed by atoms with Crippen molar-refractivity contribution in [3.05, 3.63) is 73.5 Å². The van der Waals surface area contributed by atoms with E-state index in [4.69, 9.17) is 9.98 Å². The van der Waals surface area contributed by atoms with Gasteiger partial charge in [0, 0.05) is 0 Å². The second kappa shape index (κ2) is 14.6. The fourth-order valence-corrected chi connectivity index (χ4v) is 3.78. The van der Waals surface area contributed by atoms with E-state index >= 15 is 0 Å². The Morgan fingerprint density at radius 3 is 0.909 bits per heavy atom. The zero-order valence-corrected chi connectivity index (χ0v) is 24.5. The van der Waals surface area contributed by atoms with Crippen LogP contribution in [0.4, 0.5) is 11.4 Å². The van der Waals surface area contributed by atoms with Crippen LogP contribution in [0.5, 0.6) is 0 Å². The third-order valence-corrected chi connectivity index (χ3v) is 5.77. The van der Waals surface area contributed by atoms with Gasteiger partial charge >= 0.3 is 20.4 Å². The molecule has 0 atom stereocenters. The zero-order valence-electron chi connectivity index (χ0n) is 23.0. The molecule has 0 saturated heterocycles. The molecule has 186 valence electrons. The molecule has 0 aliphatic carbocycles. The average Bonchev–Trinajstić information content (AvgIpc) is 2.67. The largest absolute Gasteiger partial charge is 2.00 e. The Morgan fingerprint density at radius 1 is 0.515 bits per heavy atom. The predicted octanol–water partition coefficient (Wildman–Crippen LogP) is 9.96. The van der Waals surface area contributed by atoms with E-state index in [2.05, 4.69) is 106 Å². The minimum Gasteiger partial charge on any atom is -0.358 e. The van der Waals surface area contributed by atoms with Crippen LogP contribution in [-0.2, 0) is 20.4 Å². The minimum atomic E-state index is 0. The number of rotatable bonds is 7. The standard InChI is InChI=1S/C28H40N2.2CH3.Pd/c1-17(2)23-13-11-14-24(18(3)4)27(23)29-21(9)22(10)30-28-25(19(5)6)15-12-16-26(28)20(7)8;;;/h11-20H,1-10H3;2*1H3;/q;2*-1;+2. The molecule has 33 heavy (non-hydrogen) atoms. The topological polar surface area (TPSA) is 24.7 Å². The molecular formula is C30H46N2Pd. The quantitative estimate of drug-likeness (QED) is 0.189. The molecule has 2 aromatic carbocycles. The summed E-state index contributed by atoms with van der Waals surface area (Å²) in [6.45, 7) is 22.1. The van der Waals surface area contributed by atoms with Gasteiger partial charge in [-0.05, 0) is 59.8 Å². The molecule has 0 N–H and O–H groups in total. The number of aliphatic imine (C=N–C) groups is 2. The summed E-state index contributed by atoms with van der Waals surface area (Å²) in [4.78, 5) is 10.3. The summed E-state index contributed by atoms with van der Waals surface area (Å²) >= 11 is 0. The van der Waals surface area contributed by atoms with E-state index in [0.717, 1.165) is 22.8 Å². The van der Waals surface area contributed by atoms with Crippen LogP contribution in [0.1, 0.15) is 115 Å². The maximum atomic E-state index is 5.13. The van der Waals surface area contributed by atoms with E-state index in [1.165, 1.54) is 22.3 Å². The molecule has 2 rings (SSSR count). The van der Waals surface area contributed by atoms with E-state index in [0.29, 0.717) is 23.7 Å². The third kappa shape index (κ3) is 8.31. The van der Waals surface area contributed by atoms with Gasteiger partial charge in [-0.3, -0.25) is 9.98 Å². The van der Waals surface area contributed by atoms with Crippen molar-refractivity contribution in [2.75, 3.05) is 0 Å². The Balaban J connectivity index is 0. The van der Waals surface area contributed by atoms with Crippen LogP contribution in [0, 0.1) is 14.9 Å². The normalized spacial score (nSPS) is 12.1. The first-order valence-corrected chi connectivity index (χ1v) is 11.4. The van der Waals surface area contributed by atoms with E-state index in [-0.39, 0.29) is 35.3 Å². The molecule has 0 saturated carbocycles. The van der Waals surface area contributed by atoms with Gasteiger partial charge in [-0.1, -0.05) is 91.8 Å². The molecule has 0 aliphatic rings. The second-order valence-corrected chi connectivity index (χ2v) is 9.58. The first kappa shape index (κ1) is 33.6. The Labute approximate surface area is 219 Å². The van der Waals surface area contributed by atoms with Crippen molar-refractivity contribution in [2.45, 2.75) is 92.9 Å². The molecule has 0 aromatic heterocycles. The molecule has 0 spiro atoms. The van der Waals surface area contributed by atoms with Crippen LogP contribution in [0.25, 0.3) is 0 Å². The summed E-state index contributed by atoms with van der Waals surface area (Å²) in [5.74, 6) is 1.73. The molecular weight excluding hydrogens is 495 g/mol. The Kier molecular flexibility index (Phi) is 14.9. The van der Waals surface area contributed by atoms with Crippen LogP contribution in [0.2, 0.25) is 0 Å². The van der Waals surface area contributed by atoms with Crippen molar-refractivity contribution in [1.29, 1.82) is 0 Å². The average molecular weight is 541 g/mol. The SMILES string of the molecule is CC(=Nc1c(C(C)C)cccc1C(C)C)C(C)=Nc1c(C(C)C)cccc1C(C)C.[CH3-].[CH3-].[Pd+2]. The van der Waals surface area contributed by atoms with Gasteiger partial charge in [-0.15, -0.1) is 0 Å². The van der Waals surface area contributed by atoms with Gasteiger partial charge in [0.1, 0.15) is 0 Å². The molecule has 0 radical (unpaired) electrons. The Hall–Kier alpha value is -1.56. The van der Waals surface area contributed by atoms with Crippen LogP contribution in [-0.4, -0.2) is 11.4 Å². The Bertz CT molecular complexity index is 804. The maximum absolute atomic E-state index is 5.13. The molecule has 2 aromatic rings. The number of benzene rings is 2. The van der Waals surface area contributed by atoms with Gasteiger partial charge in [-0.2, -0.15) is 0 Å². The van der Waals surface area contributed by atoms with Gasteiger partial charge in [-0.25, -0.2) is 0 Å². The summed E-state index contributed by atoms with van der Waals surface area (Å²) < 4.78 is 0. The summed E-state index contributed by atoms with van der Waals surface area (Å²) in [5.41, 5.74) is 9.43. The number of hydrogen-bond acceptors (Lipinski definition) is 2. The fraction of sp³-hybridized carbons (Fsp3) is 0.467. The number of para-hydroxylation sites is 2. The van der Waals surface area contributed by atoms with Crippen molar-refractivity contribution in [3.63, 3.8) is 0 Å². The molecule has 0 amide bonds. The van der Waals surface area contributed by atoms with Gasteiger partial charge in [0.15, 0.2) is 0 Å². The monoisotopic (exact) mass is 540 g/mol. The summed E-state index contributed by atoms with van der Waals surface area (Å²) in [6.07, 6.45) is 0. The first-order chi connectivity index (χ1) is 14.0. The van der Waals surface area contributed by atoms with Crippen LogP contribution in [0.3, 0.4) is 0 Å². The van der Waals surface area contributed by atoms with E-state index in [1.54, 1.807) is 0 Å². The van der Waals surface area contributed by atoms with Crippen molar-refractivity contribution in [1.82, 2.24) is 0 Å². The van der Waals surface area contributed by atoms with Crippen LogP contribution in [0.15, 0.2) is 46.4 Å². The van der Waals surface area contributed by atoms with Crippen LogP contribution < -0.4 is 0 Å². The predicted molar refractivity (Wildman–Crippen MR) is 148 cm³/mol. The van der Waals surface area contributed by atoms with Crippen molar-refractivity contribution < 1.29 is 20.4 Å². The van der Waals surface area contributed by atoms with Gasteiger partial charge < -0.3 is 14.9 Å². The molecule has 0 unspecified atom stereocenters. The molecule has 0 fully saturated rings. The van der Waals surface area contributed by atoms with E-state index in [1.807, 2.05) is 0 Å². The minimum absolute atomic E-state index is 0. The first-order valence-electron chi connectivity index (χ1n) is 11.4. The van der Waals surface area contributed by atoms with Crippen molar-refractivity contribution in [3.8, 4) is 0 Å². The van der Waals surface area contributed by atoms with Crippen LogP contribution >= 0.6 is 0 Å². The van der Waals surface area contributed by atoms with Crippen molar-refractivity contribution in [2.24, 2.45) is 9.98 Å². The third-order valence-electron chi connectivity index (χ3n) is 5.77. The summed E-state index contributed by atoms with van der Waals surface area (Å²) in [7, 11) is 0. The van der Waals surface area contributed by atoms with Gasteiger partial charge in [0.05, 0.1) is 22.8 Å². The molecule has 2 nitrogen and oxygen atoms in total. The maximum Gasteiger partial charge on any atom is 2.00 e.